The number of aryl methyl sites for hydroxylation is 2. The van der Waals surface area contributed by atoms with Gasteiger partial charge in [0.1, 0.15) is 22.0 Å². The van der Waals surface area contributed by atoms with Gasteiger partial charge in [0, 0.05) is 30.1 Å². The lowest BCUT2D eigenvalue weighted by Gasteiger charge is -2.24. The Kier molecular flexibility index (Phi) is 4.92. The topological polar surface area (TPSA) is 123 Å². The smallest absolute Gasteiger partial charge is 0.288 e. The molecule has 9 heteroatoms. The van der Waals surface area contributed by atoms with Crippen molar-refractivity contribution in [1.29, 1.82) is 0 Å². The van der Waals surface area contributed by atoms with Crippen molar-refractivity contribution < 1.29 is 22.9 Å². The van der Waals surface area contributed by atoms with Crippen LogP contribution in [-0.2, 0) is 15.4 Å². The minimum Gasteiger partial charge on any atom is -0.466 e. The molecule has 0 spiro atoms. The monoisotopic (exact) mass is 368 g/mol. The molecule has 1 unspecified atom stereocenters. The fourth-order valence-electron chi connectivity index (χ4n) is 2.61. The maximum atomic E-state index is 11.8. The number of nitro groups is 1. The minimum atomic E-state index is -3.77. The number of nitrogens with zero attached hydrogens (tertiary/aromatic N) is 1. The van der Waals surface area contributed by atoms with Gasteiger partial charge in [-0.05, 0) is 39.0 Å². The summed E-state index contributed by atoms with van der Waals surface area (Å²) >= 11 is 0. The van der Waals surface area contributed by atoms with E-state index in [-0.39, 0.29) is 11.4 Å². The van der Waals surface area contributed by atoms with Crippen molar-refractivity contribution in [1.82, 2.24) is 0 Å². The number of benzene rings is 1. The van der Waals surface area contributed by atoms with Crippen LogP contribution in [0.3, 0.4) is 0 Å². The van der Waals surface area contributed by atoms with Crippen LogP contribution in [0, 0.1) is 24.0 Å². The molecule has 0 saturated heterocycles. The van der Waals surface area contributed by atoms with Crippen molar-refractivity contribution in [2.45, 2.75) is 31.3 Å². The summed E-state index contributed by atoms with van der Waals surface area (Å²) in [5.41, 5.74) is -0.789. The molecule has 0 aliphatic carbocycles. The SMILES string of the molecule is Cc1cc(C(C)(O)CNc2ccc([N+](=O)[O-])c(S(C)(=O)=O)c2)c(C)o1. The molecule has 0 amide bonds. The Morgan fingerprint density at radius 1 is 1.32 bits per heavy atom. The molecule has 1 aromatic carbocycles. The average molecular weight is 368 g/mol. The van der Waals surface area contributed by atoms with Crippen molar-refractivity contribution in [3.8, 4) is 0 Å². The number of rotatable bonds is 6. The van der Waals surface area contributed by atoms with Gasteiger partial charge in [-0.1, -0.05) is 0 Å². The second-order valence-corrected chi connectivity index (χ2v) is 8.15. The maximum absolute atomic E-state index is 11.8. The Labute approximate surface area is 145 Å². The molecule has 2 aromatic rings. The third kappa shape index (κ3) is 4.18. The largest absolute Gasteiger partial charge is 0.466 e. The summed E-state index contributed by atoms with van der Waals surface area (Å²) in [6.07, 6.45) is 0.910. The van der Waals surface area contributed by atoms with Crippen LogP contribution >= 0.6 is 0 Å². The van der Waals surface area contributed by atoms with E-state index in [0.717, 1.165) is 12.3 Å². The summed E-state index contributed by atoms with van der Waals surface area (Å²) in [7, 11) is -3.77. The number of aliphatic hydroxyl groups is 1. The van der Waals surface area contributed by atoms with Crippen LogP contribution in [0.2, 0.25) is 0 Å². The van der Waals surface area contributed by atoms with Crippen molar-refractivity contribution in [3.05, 3.63) is 51.5 Å². The van der Waals surface area contributed by atoms with Gasteiger partial charge < -0.3 is 14.8 Å². The molecule has 1 atom stereocenters. The summed E-state index contributed by atoms with van der Waals surface area (Å²) in [5.74, 6) is 1.26. The van der Waals surface area contributed by atoms with Crippen LogP contribution in [0.5, 0.6) is 0 Å². The van der Waals surface area contributed by atoms with Crippen LogP contribution in [0.25, 0.3) is 0 Å². The van der Waals surface area contributed by atoms with Gasteiger partial charge >= 0.3 is 0 Å². The Bertz CT molecular complexity index is 915. The number of anilines is 1. The summed E-state index contributed by atoms with van der Waals surface area (Å²) in [6.45, 7) is 5.17. The molecular formula is C16H20N2O6S. The first kappa shape index (κ1) is 18.9. The third-order valence-corrected chi connectivity index (χ3v) is 4.94. The van der Waals surface area contributed by atoms with Gasteiger partial charge in [-0.2, -0.15) is 0 Å². The molecule has 2 N–H and O–H groups in total. The quantitative estimate of drug-likeness (QED) is 0.593. The Hall–Kier alpha value is -2.39. The first-order chi connectivity index (χ1) is 11.4. The normalized spacial score (nSPS) is 14.1. The van der Waals surface area contributed by atoms with Crippen LogP contribution in [0.4, 0.5) is 11.4 Å². The zero-order chi connectivity index (χ0) is 19.0. The molecule has 0 radical (unpaired) electrons. The molecule has 0 fully saturated rings. The number of nitrogens with one attached hydrogen (secondary N) is 1. The Morgan fingerprint density at radius 3 is 2.44 bits per heavy atom. The predicted molar refractivity (Wildman–Crippen MR) is 92.4 cm³/mol. The fraction of sp³-hybridized carbons (Fsp3) is 0.375. The average Bonchev–Trinajstić information content (AvgIpc) is 2.83. The molecule has 8 nitrogen and oxygen atoms in total. The molecule has 0 aliphatic rings. The van der Waals surface area contributed by atoms with E-state index in [1.807, 2.05) is 0 Å². The van der Waals surface area contributed by atoms with Gasteiger partial charge in [0.05, 0.1) is 4.92 Å². The van der Waals surface area contributed by atoms with Gasteiger partial charge in [0.25, 0.3) is 5.69 Å². The Morgan fingerprint density at radius 2 is 1.96 bits per heavy atom. The van der Waals surface area contributed by atoms with E-state index >= 15 is 0 Å². The summed E-state index contributed by atoms with van der Waals surface area (Å²) in [4.78, 5) is 9.87. The number of furan rings is 1. The summed E-state index contributed by atoms with van der Waals surface area (Å²) in [6, 6.07) is 5.45. The maximum Gasteiger partial charge on any atom is 0.288 e. The molecule has 136 valence electrons. The third-order valence-electron chi connectivity index (χ3n) is 3.81. The minimum absolute atomic E-state index is 0.0633. The number of nitro benzene ring substituents is 1. The highest BCUT2D eigenvalue weighted by Gasteiger charge is 2.28. The molecule has 0 saturated carbocycles. The molecule has 2 rings (SSSR count). The van der Waals surface area contributed by atoms with E-state index in [4.69, 9.17) is 4.42 Å². The summed E-state index contributed by atoms with van der Waals surface area (Å²) in [5, 5.41) is 24.6. The van der Waals surface area contributed by atoms with Crippen molar-refractivity contribution in [3.63, 3.8) is 0 Å². The predicted octanol–water partition coefficient (Wildman–Crippen LogP) is 2.53. The van der Waals surface area contributed by atoms with E-state index in [1.54, 1.807) is 26.8 Å². The van der Waals surface area contributed by atoms with E-state index in [0.29, 0.717) is 22.8 Å². The Balaban J connectivity index is 2.29. The number of hydrogen-bond acceptors (Lipinski definition) is 7. The van der Waals surface area contributed by atoms with Crippen molar-refractivity contribution in [2.75, 3.05) is 18.1 Å². The van der Waals surface area contributed by atoms with Crippen molar-refractivity contribution in [2.24, 2.45) is 0 Å². The van der Waals surface area contributed by atoms with E-state index in [2.05, 4.69) is 5.32 Å². The molecule has 1 heterocycles. The second kappa shape index (κ2) is 6.49. The van der Waals surface area contributed by atoms with Crippen LogP contribution < -0.4 is 5.32 Å². The lowest BCUT2D eigenvalue weighted by molar-refractivity contribution is -0.387. The molecular weight excluding hydrogens is 348 g/mol. The highest BCUT2D eigenvalue weighted by atomic mass is 32.2. The molecule has 1 aromatic heterocycles. The van der Waals surface area contributed by atoms with Crippen molar-refractivity contribution >= 4 is 21.2 Å². The lowest BCUT2D eigenvalue weighted by atomic mass is 9.96. The van der Waals surface area contributed by atoms with Crippen LogP contribution in [0.15, 0.2) is 33.6 Å². The lowest BCUT2D eigenvalue weighted by Crippen LogP contribution is -2.31. The number of sulfone groups is 1. The van der Waals surface area contributed by atoms with E-state index < -0.39 is 26.0 Å². The van der Waals surface area contributed by atoms with Gasteiger partial charge in [0.2, 0.25) is 0 Å². The second-order valence-electron chi connectivity index (χ2n) is 6.17. The van der Waals surface area contributed by atoms with Gasteiger partial charge in [-0.3, -0.25) is 10.1 Å². The highest BCUT2D eigenvalue weighted by Crippen LogP contribution is 2.30. The first-order valence-electron chi connectivity index (χ1n) is 7.44. The van der Waals surface area contributed by atoms with Gasteiger partial charge in [0.15, 0.2) is 9.84 Å². The van der Waals surface area contributed by atoms with Gasteiger partial charge in [-0.15, -0.1) is 0 Å². The van der Waals surface area contributed by atoms with Crippen LogP contribution in [-0.4, -0.2) is 31.2 Å². The zero-order valence-corrected chi connectivity index (χ0v) is 15.2. The summed E-state index contributed by atoms with van der Waals surface area (Å²) < 4.78 is 29.0. The molecule has 0 aliphatic heterocycles. The standard InChI is InChI=1S/C16H20N2O6S/c1-10-7-13(11(2)24-10)16(3,19)9-17-12-5-6-14(18(20)21)15(8-12)25(4,22)23/h5-8,17,19H,9H2,1-4H3. The first-order valence-corrected chi connectivity index (χ1v) is 9.33. The molecule has 25 heavy (non-hydrogen) atoms. The van der Waals surface area contributed by atoms with E-state index in [9.17, 15) is 23.6 Å². The van der Waals surface area contributed by atoms with Gasteiger partial charge in [-0.25, -0.2) is 8.42 Å². The number of hydrogen-bond donors (Lipinski definition) is 2. The van der Waals surface area contributed by atoms with E-state index in [1.165, 1.54) is 12.1 Å². The fourth-order valence-corrected chi connectivity index (χ4v) is 3.47. The van der Waals surface area contributed by atoms with Crippen LogP contribution in [0.1, 0.15) is 24.0 Å². The molecule has 0 bridgehead atoms. The zero-order valence-electron chi connectivity index (χ0n) is 14.4. The highest BCUT2D eigenvalue weighted by molar-refractivity contribution is 7.90.